The quantitative estimate of drug-likeness (QED) is 0.347. The number of hydrogen-bond donors (Lipinski definition) is 3. The van der Waals surface area contributed by atoms with Gasteiger partial charge in [-0.15, -0.1) is 0 Å². The summed E-state index contributed by atoms with van der Waals surface area (Å²) >= 11 is 0. The Morgan fingerprint density at radius 3 is 2.22 bits per heavy atom. The number of aldehydes is 1. The van der Waals surface area contributed by atoms with Crippen LogP contribution in [0.5, 0.6) is 11.5 Å². The minimum atomic E-state index is -1.10. The molecule has 0 atom stereocenters. The van der Waals surface area contributed by atoms with Gasteiger partial charge in [0.15, 0.2) is 17.8 Å². The molecule has 0 saturated heterocycles. The normalized spacial score (nSPS) is 10.1. The maximum atomic E-state index is 10.2. The second-order valence-electron chi connectivity index (χ2n) is 5.44. The van der Waals surface area contributed by atoms with E-state index >= 15 is 0 Å². The van der Waals surface area contributed by atoms with E-state index in [2.05, 4.69) is 6.92 Å². The van der Waals surface area contributed by atoms with Crippen LogP contribution in [-0.2, 0) is 0 Å². The standard InChI is InChI=1S/C10H22O2.C8H8O3/c1-2-3-4-5-6-7-8-9-10(11)12;1-11-8-4-6(5-9)2-3-7(8)10/h10-12H,2-9H2,1H3;2-5,10H,1H3. The van der Waals surface area contributed by atoms with Gasteiger partial charge < -0.3 is 20.1 Å². The Hall–Kier alpha value is -1.59. The number of phenolic OH excluding ortho intramolecular Hbond substituents is 1. The molecule has 0 radical (unpaired) electrons. The predicted octanol–water partition coefficient (Wildman–Crippen LogP) is 3.65. The highest BCUT2D eigenvalue weighted by Gasteiger charge is 2.00. The molecule has 3 N–H and O–H groups in total. The summed E-state index contributed by atoms with van der Waals surface area (Å²) in [6, 6.07) is 4.41. The highest BCUT2D eigenvalue weighted by Crippen LogP contribution is 2.25. The van der Waals surface area contributed by atoms with E-state index in [4.69, 9.17) is 20.1 Å². The molecule has 5 heteroatoms. The molecule has 132 valence electrons. The first-order valence-electron chi connectivity index (χ1n) is 8.23. The zero-order valence-corrected chi connectivity index (χ0v) is 14.2. The topological polar surface area (TPSA) is 87.0 Å². The Morgan fingerprint density at radius 2 is 1.70 bits per heavy atom. The third-order valence-corrected chi connectivity index (χ3v) is 3.41. The molecule has 5 nitrogen and oxygen atoms in total. The SMILES string of the molecule is CCCCCCCCCC(O)O.COc1cc(C=O)ccc1O. The van der Waals surface area contributed by atoms with Crippen molar-refractivity contribution in [2.24, 2.45) is 0 Å². The van der Waals surface area contributed by atoms with Gasteiger partial charge >= 0.3 is 0 Å². The van der Waals surface area contributed by atoms with Crippen LogP contribution in [0.4, 0.5) is 0 Å². The van der Waals surface area contributed by atoms with Crippen molar-refractivity contribution in [2.45, 2.75) is 64.6 Å². The summed E-state index contributed by atoms with van der Waals surface area (Å²) in [6.07, 6.45) is 8.72. The van der Waals surface area contributed by atoms with E-state index in [1.807, 2.05) is 0 Å². The van der Waals surface area contributed by atoms with E-state index in [0.29, 0.717) is 24.0 Å². The molecule has 0 aliphatic heterocycles. The lowest BCUT2D eigenvalue weighted by Crippen LogP contribution is -2.02. The fourth-order valence-corrected chi connectivity index (χ4v) is 2.05. The Bertz CT molecular complexity index is 418. The molecule has 0 aliphatic carbocycles. The lowest BCUT2D eigenvalue weighted by Gasteiger charge is -2.02. The average Bonchev–Trinajstić information content (AvgIpc) is 2.55. The number of benzene rings is 1. The zero-order chi connectivity index (χ0) is 17.5. The van der Waals surface area contributed by atoms with E-state index in [0.717, 1.165) is 12.8 Å². The second kappa shape index (κ2) is 14.0. The van der Waals surface area contributed by atoms with E-state index in [1.165, 1.54) is 57.4 Å². The number of aliphatic hydroxyl groups excluding tert-OH is 1. The van der Waals surface area contributed by atoms with Crippen molar-refractivity contribution < 1.29 is 24.9 Å². The number of aromatic hydroxyl groups is 1. The fourth-order valence-electron chi connectivity index (χ4n) is 2.05. The van der Waals surface area contributed by atoms with Crippen molar-refractivity contribution in [3.8, 4) is 11.5 Å². The number of methoxy groups -OCH3 is 1. The summed E-state index contributed by atoms with van der Waals surface area (Å²) in [5.74, 6) is 0.354. The van der Waals surface area contributed by atoms with Crippen molar-refractivity contribution in [1.29, 1.82) is 0 Å². The third kappa shape index (κ3) is 11.6. The number of rotatable bonds is 10. The molecule has 0 aliphatic rings. The van der Waals surface area contributed by atoms with Gasteiger partial charge in [0.2, 0.25) is 0 Å². The van der Waals surface area contributed by atoms with Gasteiger partial charge in [-0.2, -0.15) is 0 Å². The average molecular weight is 326 g/mol. The molecule has 1 aromatic rings. The third-order valence-electron chi connectivity index (χ3n) is 3.41. The molecule has 23 heavy (non-hydrogen) atoms. The molecule has 0 amide bonds. The van der Waals surface area contributed by atoms with Crippen molar-refractivity contribution >= 4 is 6.29 Å². The van der Waals surface area contributed by atoms with Crippen LogP contribution in [-0.4, -0.2) is 35.0 Å². The molecule has 0 fully saturated rings. The summed E-state index contributed by atoms with van der Waals surface area (Å²) in [4.78, 5) is 10.2. The highest BCUT2D eigenvalue weighted by molar-refractivity contribution is 5.76. The zero-order valence-electron chi connectivity index (χ0n) is 14.2. The monoisotopic (exact) mass is 326 g/mol. The van der Waals surface area contributed by atoms with E-state index in [1.54, 1.807) is 0 Å². The molecule has 0 unspecified atom stereocenters. The van der Waals surface area contributed by atoms with Crippen LogP contribution in [0.3, 0.4) is 0 Å². The smallest absolute Gasteiger partial charge is 0.161 e. The van der Waals surface area contributed by atoms with Gasteiger partial charge in [0, 0.05) is 5.56 Å². The van der Waals surface area contributed by atoms with Crippen LogP contribution in [0.2, 0.25) is 0 Å². The lowest BCUT2D eigenvalue weighted by molar-refractivity contribution is -0.0466. The summed E-state index contributed by atoms with van der Waals surface area (Å²) < 4.78 is 4.78. The first-order valence-corrected chi connectivity index (χ1v) is 8.23. The van der Waals surface area contributed by atoms with Gasteiger partial charge in [0.05, 0.1) is 7.11 Å². The Balaban J connectivity index is 0.000000422. The van der Waals surface area contributed by atoms with Crippen molar-refractivity contribution in [2.75, 3.05) is 7.11 Å². The van der Waals surface area contributed by atoms with Crippen molar-refractivity contribution in [1.82, 2.24) is 0 Å². The van der Waals surface area contributed by atoms with E-state index < -0.39 is 6.29 Å². The minimum absolute atomic E-state index is 0.0399. The van der Waals surface area contributed by atoms with Crippen molar-refractivity contribution in [3.63, 3.8) is 0 Å². The first-order chi connectivity index (χ1) is 11.0. The van der Waals surface area contributed by atoms with Gasteiger partial charge in [-0.25, -0.2) is 0 Å². The van der Waals surface area contributed by atoms with Crippen molar-refractivity contribution in [3.05, 3.63) is 23.8 Å². The van der Waals surface area contributed by atoms with Crippen LogP contribution in [0.15, 0.2) is 18.2 Å². The first kappa shape index (κ1) is 21.4. The summed E-state index contributed by atoms with van der Waals surface area (Å²) in [7, 11) is 1.43. The van der Waals surface area contributed by atoms with Gasteiger partial charge in [0.1, 0.15) is 6.29 Å². The fraction of sp³-hybridized carbons (Fsp3) is 0.611. The maximum Gasteiger partial charge on any atom is 0.161 e. The molecule has 0 spiro atoms. The number of ether oxygens (including phenoxy) is 1. The highest BCUT2D eigenvalue weighted by atomic mass is 16.5. The lowest BCUT2D eigenvalue weighted by atomic mass is 10.1. The second-order valence-corrected chi connectivity index (χ2v) is 5.44. The molecular formula is C18H30O5. The summed E-state index contributed by atoms with van der Waals surface area (Å²) in [6.45, 7) is 2.21. The molecule has 0 saturated carbocycles. The number of aliphatic hydroxyl groups is 2. The van der Waals surface area contributed by atoms with Crippen LogP contribution in [0.25, 0.3) is 0 Å². The number of phenols is 1. The van der Waals surface area contributed by atoms with E-state index in [-0.39, 0.29) is 5.75 Å². The van der Waals surface area contributed by atoms with Crippen LogP contribution < -0.4 is 4.74 Å². The van der Waals surface area contributed by atoms with Crippen LogP contribution >= 0.6 is 0 Å². The maximum absolute atomic E-state index is 10.2. The number of carbonyl (C=O) groups excluding carboxylic acids is 1. The molecule has 1 aromatic carbocycles. The molecule has 0 bridgehead atoms. The van der Waals surface area contributed by atoms with Gasteiger partial charge in [-0.3, -0.25) is 4.79 Å². The van der Waals surface area contributed by atoms with Gasteiger partial charge in [-0.05, 0) is 31.0 Å². The Kier molecular flexibility index (Phi) is 13.1. The number of hydrogen-bond acceptors (Lipinski definition) is 5. The van der Waals surface area contributed by atoms with E-state index in [9.17, 15) is 4.79 Å². The molecule has 1 rings (SSSR count). The van der Waals surface area contributed by atoms with Crippen LogP contribution in [0, 0.1) is 0 Å². The number of unbranched alkanes of at least 4 members (excludes halogenated alkanes) is 6. The van der Waals surface area contributed by atoms with Crippen LogP contribution in [0.1, 0.15) is 68.6 Å². The summed E-state index contributed by atoms with van der Waals surface area (Å²) in [5, 5.41) is 26.2. The molecule has 0 aromatic heterocycles. The Labute approximate surface area is 138 Å². The summed E-state index contributed by atoms with van der Waals surface area (Å²) in [5.41, 5.74) is 0.486. The van der Waals surface area contributed by atoms with Gasteiger partial charge in [-0.1, -0.05) is 45.4 Å². The number of carbonyl (C=O) groups is 1. The Morgan fingerprint density at radius 1 is 1.09 bits per heavy atom. The van der Waals surface area contributed by atoms with Gasteiger partial charge in [0.25, 0.3) is 0 Å². The minimum Gasteiger partial charge on any atom is -0.504 e. The molecular weight excluding hydrogens is 296 g/mol. The molecule has 0 heterocycles. The largest absolute Gasteiger partial charge is 0.504 e. The predicted molar refractivity (Wildman–Crippen MR) is 90.9 cm³/mol.